The number of aryl methyl sites for hydroxylation is 1. The lowest BCUT2D eigenvalue weighted by molar-refractivity contribution is 0.187. The van der Waals surface area contributed by atoms with Crippen molar-refractivity contribution < 1.29 is 14.3 Å². The van der Waals surface area contributed by atoms with Crippen LogP contribution in [0.2, 0.25) is 5.02 Å². The first kappa shape index (κ1) is 16.5. The second-order valence-corrected chi connectivity index (χ2v) is 6.60. The van der Waals surface area contributed by atoms with Crippen molar-refractivity contribution in [3.05, 3.63) is 52.0 Å². The number of hydrogen-bond donors (Lipinski definition) is 1. The lowest BCUT2D eigenvalue weighted by atomic mass is 10.2. The predicted molar refractivity (Wildman–Crippen MR) is 96.2 cm³/mol. The van der Waals surface area contributed by atoms with E-state index in [0.717, 1.165) is 20.8 Å². The van der Waals surface area contributed by atoms with Gasteiger partial charge in [-0.05, 0) is 30.7 Å². The van der Waals surface area contributed by atoms with Gasteiger partial charge in [-0.25, -0.2) is 9.78 Å². The van der Waals surface area contributed by atoms with Gasteiger partial charge in [0, 0.05) is 6.07 Å². The normalized spacial score (nSPS) is 10.6. The number of carbonyl (C=O) groups excluding carboxylic acids is 1. The summed E-state index contributed by atoms with van der Waals surface area (Å²) in [6.07, 6.45) is -0.567. The molecular weight excluding hydrogens is 348 g/mol. The van der Waals surface area contributed by atoms with Crippen LogP contribution in [-0.2, 0) is 11.3 Å². The molecule has 5 nitrogen and oxygen atoms in total. The largest absolute Gasteiger partial charge is 0.486 e. The Morgan fingerprint density at radius 1 is 1.33 bits per heavy atom. The van der Waals surface area contributed by atoms with Crippen molar-refractivity contribution in [1.29, 1.82) is 0 Å². The van der Waals surface area contributed by atoms with E-state index in [1.54, 1.807) is 17.4 Å². The summed E-state index contributed by atoms with van der Waals surface area (Å²) in [5, 5.41) is 3.87. The average molecular weight is 363 g/mol. The summed E-state index contributed by atoms with van der Waals surface area (Å²) >= 11 is 7.82. The standard InChI is InChI=1S/C17H15ClN2O3S/c1-10-7-11(8-12(18)16(10)20-17(21)22-2)23-9-15-19-13-5-3-4-6-14(13)24-15/h3-8H,9H2,1-2H3,(H,20,21). The van der Waals surface area contributed by atoms with E-state index >= 15 is 0 Å². The van der Waals surface area contributed by atoms with Gasteiger partial charge in [-0.2, -0.15) is 0 Å². The summed E-state index contributed by atoms with van der Waals surface area (Å²) in [7, 11) is 1.30. The van der Waals surface area contributed by atoms with E-state index < -0.39 is 6.09 Å². The zero-order valence-corrected chi connectivity index (χ0v) is 14.7. The molecule has 0 aliphatic heterocycles. The number of methoxy groups -OCH3 is 1. The van der Waals surface area contributed by atoms with E-state index in [1.807, 2.05) is 37.3 Å². The number of ether oxygens (including phenoxy) is 2. The van der Waals surface area contributed by atoms with Gasteiger partial charge in [0.25, 0.3) is 0 Å². The van der Waals surface area contributed by atoms with Gasteiger partial charge in [-0.15, -0.1) is 11.3 Å². The molecule has 0 unspecified atom stereocenters. The number of nitrogens with zero attached hydrogens (tertiary/aromatic N) is 1. The van der Waals surface area contributed by atoms with Gasteiger partial charge in [-0.1, -0.05) is 23.7 Å². The predicted octanol–water partition coefficient (Wildman–Crippen LogP) is 5.02. The maximum atomic E-state index is 11.3. The quantitative estimate of drug-likeness (QED) is 0.708. The Kier molecular flexibility index (Phi) is 4.87. The molecule has 0 bridgehead atoms. The summed E-state index contributed by atoms with van der Waals surface area (Å²) < 4.78 is 11.5. The number of anilines is 1. The van der Waals surface area contributed by atoms with E-state index in [0.29, 0.717) is 23.1 Å². The smallest absolute Gasteiger partial charge is 0.411 e. The SMILES string of the molecule is COC(=O)Nc1c(C)cc(OCc2nc3ccccc3s2)cc1Cl. The van der Waals surface area contributed by atoms with Crippen LogP contribution in [0.25, 0.3) is 10.2 Å². The molecule has 7 heteroatoms. The minimum atomic E-state index is -0.567. The van der Waals surface area contributed by atoms with Crippen molar-refractivity contribution in [2.75, 3.05) is 12.4 Å². The van der Waals surface area contributed by atoms with Crippen molar-refractivity contribution in [1.82, 2.24) is 4.98 Å². The molecule has 124 valence electrons. The van der Waals surface area contributed by atoms with Crippen LogP contribution in [0, 0.1) is 6.92 Å². The fourth-order valence-electron chi connectivity index (χ4n) is 2.23. The molecule has 1 amide bonds. The monoisotopic (exact) mass is 362 g/mol. The van der Waals surface area contributed by atoms with E-state index in [1.165, 1.54) is 7.11 Å². The fraction of sp³-hybridized carbons (Fsp3) is 0.176. The van der Waals surface area contributed by atoms with Crippen molar-refractivity contribution in [2.24, 2.45) is 0 Å². The molecule has 1 heterocycles. The summed E-state index contributed by atoms with van der Waals surface area (Å²) in [5.74, 6) is 0.618. The van der Waals surface area contributed by atoms with E-state index in [-0.39, 0.29) is 0 Å². The Labute approximate surface area is 148 Å². The Hall–Kier alpha value is -2.31. The zero-order chi connectivity index (χ0) is 17.1. The molecule has 0 saturated carbocycles. The molecule has 2 aromatic carbocycles. The number of amides is 1. The summed E-state index contributed by atoms with van der Waals surface area (Å²) in [4.78, 5) is 15.9. The first-order valence-electron chi connectivity index (χ1n) is 7.19. The Morgan fingerprint density at radius 3 is 2.83 bits per heavy atom. The highest BCUT2D eigenvalue weighted by Gasteiger charge is 2.11. The Morgan fingerprint density at radius 2 is 2.12 bits per heavy atom. The summed E-state index contributed by atoms with van der Waals surface area (Å²) in [6.45, 7) is 2.20. The van der Waals surface area contributed by atoms with Crippen LogP contribution in [0.15, 0.2) is 36.4 Å². The van der Waals surface area contributed by atoms with Gasteiger partial charge in [-0.3, -0.25) is 5.32 Å². The summed E-state index contributed by atoms with van der Waals surface area (Å²) in [6, 6.07) is 11.4. The van der Waals surface area contributed by atoms with Gasteiger partial charge in [0.1, 0.15) is 17.4 Å². The third-order valence-electron chi connectivity index (χ3n) is 3.37. The number of halogens is 1. The van der Waals surface area contributed by atoms with Crippen LogP contribution in [0.1, 0.15) is 10.6 Å². The highest BCUT2D eigenvalue weighted by molar-refractivity contribution is 7.18. The molecule has 0 aliphatic rings. The highest BCUT2D eigenvalue weighted by atomic mass is 35.5. The maximum absolute atomic E-state index is 11.3. The van der Waals surface area contributed by atoms with Gasteiger partial charge >= 0.3 is 6.09 Å². The molecule has 3 rings (SSSR count). The molecule has 0 atom stereocenters. The van der Waals surface area contributed by atoms with Gasteiger partial charge in [0.15, 0.2) is 0 Å². The van der Waals surface area contributed by atoms with E-state index in [2.05, 4.69) is 15.0 Å². The molecule has 0 aliphatic carbocycles. The topological polar surface area (TPSA) is 60.5 Å². The molecular formula is C17H15ClN2O3S. The number of carbonyl (C=O) groups is 1. The Balaban J connectivity index is 1.74. The molecule has 0 saturated heterocycles. The maximum Gasteiger partial charge on any atom is 0.411 e. The van der Waals surface area contributed by atoms with Crippen LogP contribution < -0.4 is 10.1 Å². The van der Waals surface area contributed by atoms with E-state index in [4.69, 9.17) is 16.3 Å². The van der Waals surface area contributed by atoms with Crippen molar-refractivity contribution in [2.45, 2.75) is 13.5 Å². The summed E-state index contributed by atoms with van der Waals surface area (Å²) in [5.41, 5.74) is 2.26. The number of benzene rings is 2. The van der Waals surface area contributed by atoms with E-state index in [9.17, 15) is 4.79 Å². The number of thiazole rings is 1. The molecule has 1 aromatic heterocycles. The number of hydrogen-bond acceptors (Lipinski definition) is 5. The van der Waals surface area contributed by atoms with Crippen molar-refractivity contribution in [3.8, 4) is 5.75 Å². The van der Waals surface area contributed by atoms with Gasteiger partial charge < -0.3 is 9.47 Å². The number of nitrogens with one attached hydrogen (secondary N) is 1. The zero-order valence-electron chi connectivity index (χ0n) is 13.1. The number of para-hydroxylation sites is 1. The van der Waals surface area contributed by atoms with Crippen LogP contribution in [0.5, 0.6) is 5.75 Å². The molecule has 24 heavy (non-hydrogen) atoms. The second kappa shape index (κ2) is 7.07. The third-order valence-corrected chi connectivity index (χ3v) is 4.68. The molecule has 0 spiro atoms. The molecule has 1 N–H and O–H groups in total. The molecule has 3 aromatic rings. The fourth-order valence-corrected chi connectivity index (χ4v) is 3.42. The third kappa shape index (κ3) is 3.60. The molecule has 0 radical (unpaired) electrons. The highest BCUT2D eigenvalue weighted by Crippen LogP contribution is 2.32. The number of aromatic nitrogens is 1. The number of rotatable bonds is 4. The van der Waals surface area contributed by atoms with Gasteiger partial charge in [0.2, 0.25) is 0 Å². The second-order valence-electron chi connectivity index (χ2n) is 5.08. The Bertz CT molecular complexity index is 838. The molecule has 0 fully saturated rings. The minimum absolute atomic E-state index is 0.360. The van der Waals surface area contributed by atoms with Crippen LogP contribution in [0.4, 0.5) is 10.5 Å². The first-order valence-corrected chi connectivity index (χ1v) is 8.38. The lowest BCUT2D eigenvalue weighted by Crippen LogP contribution is -2.12. The average Bonchev–Trinajstić information content (AvgIpc) is 2.99. The number of fused-ring (bicyclic) bond motifs is 1. The van der Waals surface area contributed by atoms with Crippen molar-refractivity contribution >= 4 is 44.9 Å². The first-order chi connectivity index (χ1) is 11.6. The van der Waals surface area contributed by atoms with Crippen molar-refractivity contribution in [3.63, 3.8) is 0 Å². The van der Waals surface area contributed by atoms with Crippen LogP contribution >= 0.6 is 22.9 Å². The van der Waals surface area contributed by atoms with Gasteiger partial charge in [0.05, 0.1) is 28.0 Å². The van der Waals surface area contributed by atoms with Crippen LogP contribution in [-0.4, -0.2) is 18.2 Å². The minimum Gasteiger partial charge on any atom is -0.486 e. The lowest BCUT2D eigenvalue weighted by Gasteiger charge is -2.12. The van der Waals surface area contributed by atoms with Crippen LogP contribution in [0.3, 0.4) is 0 Å².